The maximum atomic E-state index is 11.7. The van der Waals surface area contributed by atoms with Crippen molar-refractivity contribution in [2.45, 2.75) is 45.4 Å². The molecule has 20 heavy (non-hydrogen) atoms. The summed E-state index contributed by atoms with van der Waals surface area (Å²) in [5, 5.41) is 10.2. The number of nitrogens with two attached hydrogens (primary N) is 1. The number of carboxylic acid groups (broad SMARTS) is 1. The van der Waals surface area contributed by atoms with Crippen LogP contribution in [0.25, 0.3) is 0 Å². The molecule has 1 saturated carbocycles. The SMILES string of the molecule is CC1(C)CCC(C(C(=O)O)c2cc(Cl)ccc2N)CC1. The molecule has 3 N–H and O–H groups in total. The van der Waals surface area contributed by atoms with Crippen molar-refractivity contribution in [2.75, 3.05) is 5.73 Å². The molecule has 4 heteroatoms. The van der Waals surface area contributed by atoms with E-state index >= 15 is 0 Å². The summed E-state index contributed by atoms with van der Waals surface area (Å²) >= 11 is 6.00. The third-order valence-corrected chi connectivity index (χ3v) is 4.74. The number of aliphatic carboxylic acids is 1. The number of halogens is 1. The van der Waals surface area contributed by atoms with Gasteiger partial charge in [-0.1, -0.05) is 25.4 Å². The van der Waals surface area contributed by atoms with Gasteiger partial charge in [0, 0.05) is 10.7 Å². The van der Waals surface area contributed by atoms with Crippen molar-refractivity contribution in [3.05, 3.63) is 28.8 Å². The monoisotopic (exact) mass is 295 g/mol. The molecule has 3 nitrogen and oxygen atoms in total. The molecule has 0 aromatic heterocycles. The highest BCUT2D eigenvalue weighted by atomic mass is 35.5. The Morgan fingerprint density at radius 3 is 2.55 bits per heavy atom. The van der Waals surface area contributed by atoms with E-state index < -0.39 is 11.9 Å². The summed E-state index contributed by atoms with van der Waals surface area (Å²) in [6, 6.07) is 5.10. The second-order valence-corrected chi connectivity index (χ2v) is 7.03. The number of anilines is 1. The van der Waals surface area contributed by atoms with Crippen LogP contribution < -0.4 is 5.73 Å². The summed E-state index contributed by atoms with van der Waals surface area (Å²) < 4.78 is 0. The number of benzene rings is 1. The van der Waals surface area contributed by atoms with Crippen LogP contribution in [-0.2, 0) is 4.79 Å². The number of nitrogen functional groups attached to an aromatic ring is 1. The van der Waals surface area contributed by atoms with E-state index in [-0.39, 0.29) is 5.92 Å². The van der Waals surface area contributed by atoms with Crippen LogP contribution in [0.5, 0.6) is 0 Å². The predicted octanol–water partition coefficient (Wildman–Crippen LogP) is 4.31. The molecule has 1 aliphatic rings. The first kappa shape index (κ1) is 15.2. The van der Waals surface area contributed by atoms with E-state index in [4.69, 9.17) is 17.3 Å². The van der Waals surface area contributed by atoms with Crippen LogP contribution in [0, 0.1) is 11.3 Å². The van der Waals surface area contributed by atoms with Crippen LogP contribution in [-0.4, -0.2) is 11.1 Å². The lowest BCUT2D eigenvalue weighted by atomic mass is 9.68. The molecule has 1 aliphatic carbocycles. The minimum absolute atomic E-state index is 0.140. The zero-order chi connectivity index (χ0) is 14.9. The van der Waals surface area contributed by atoms with Crippen LogP contribution in [0.1, 0.15) is 51.0 Å². The molecule has 0 radical (unpaired) electrons. The van der Waals surface area contributed by atoms with Gasteiger partial charge < -0.3 is 10.8 Å². The minimum Gasteiger partial charge on any atom is -0.481 e. The largest absolute Gasteiger partial charge is 0.481 e. The van der Waals surface area contributed by atoms with Crippen molar-refractivity contribution in [1.29, 1.82) is 0 Å². The Balaban J connectivity index is 2.28. The Morgan fingerprint density at radius 1 is 1.40 bits per heavy atom. The average Bonchev–Trinajstić information content (AvgIpc) is 2.35. The van der Waals surface area contributed by atoms with Gasteiger partial charge in [-0.25, -0.2) is 0 Å². The van der Waals surface area contributed by atoms with E-state index in [1.54, 1.807) is 18.2 Å². The van der Waals surface area contributed by atoms with Gasteiger partial charge >= 0.3 is 5.97 Å². The van der Waals surface area contributed by atoms with Gasteiger partial charge in [-0.2, -0.15) is 0 Å². The highest BCUT2D eigenvalue weighted by molar-refractivity contribution is 6.30. The molecule has 0 heterocycles. The molecule has 0 saturated heterocycles. The van der Waals surface area contributed by atoms with Gasteiger partial charge in [0.05, 0.1) is 5.92 Å². The summed E-state index contributed by atoms with van der Waals surface area (Å²) in [5.41, 5.74) is 7.47. The third-order valence-electron chi connectivity index (χ3n) is 4.51. The number of carboxylic acids is 1. The molecule has 1 unspecified atom stereocenters. The Kier molecular flexibility index (Phi) is 4.28. The summed E-state index contributed by atoms with van der Waals surface area (Å²) in [6.45, 7) is 4.49. The minimum atomic E-state index is -0.802. The third kappa shape index (κ3) is 3.26. The van der Waals surface area contributed by atoms with Gasteiger partial charge in [0.15, 0.2) is 0 Å². The summed E-state index contributed by atoms with van der Waals surface area (Å²) in [5.74, 6) is -1.21. The lowest BCUT2D eigenvalue weighted by Gasteiger charge is -2.37. The van der Waals surface area contributed by atoms with Crippen molar-refractivity contribution in [3.63, 3.8) is 0 Å². The lowest BCUT2D eigenvalue weighted by Crippen LogP contribution is -2.29. The fraction of sp³-hybridized carbons (Fsp3) is 0.562. The summed E-state index contributed by atoms with van der Waals surface area (Å²) in [6.07, 6.45) is 3.97. The standard InChI is InChI=1S/C16H22ClNO2/c1-16(2)7-5-10(6-8-16)14(15(19)20)12-9-11(17)3-4-13(12)18/h3-4,9-10,14H,5-8,18H2,1-2H3,(H,19,20). The topological polar surface area (TPSA) is 63.3 Å². The first-order valence-corrected chi connectivity index (χ1v) is 7.46. The Hall–Kier alpha value is -1.22. The second kappa shape index (κ2) is 5.65. The van der Waals surface area contributed by atoms with Crippen molar-refractivity contribution in [2.24, 2.45) is 11.3 Å². The van der Waals surface area contributed by atoms with Gasteiger partial charge in [0.25, 0.3) is 0 Å². The molecule has 110 valence electrons. The van der Waals surface area contributed by atoms with Crippen LogP contribution in [0.4, 0.5) is 5.69 Å². The average molecular weight is 296 g/mol. The molecule has 1 atom stereocenters. The maximum Gasteiger partial charge on any atom is 0.311 e. The molecule has 0 aliphatic heterocycles. The van der Waals surface area contributed by atoms with Crippen LogP contribution >= 0.6 is 11.6 Å². The molecule has 2 rings (SSSR count). The smallest absolute Gasteiger partial charge is 0.311 e. The normalized spacial score (nSPS) is 20.6. The molecule has 0 amide bonds. The van der Waals surface area contributed by atoms with Crippen molar-refractivity contribution in [1.82, 2.24) is 0 Å². The molecule has 1 aromatic rings. The van der Waals surface area contributed by atoms with Gasteiger partial charge in [-0.05, 0) is 60.8 Å². The molecule has 1 fully saturated rings. The second-order valence-electron chi connectivity index (χ2n) is 6.59. The fourth-order valence-electron chi connectivity index (χ4n) is 3.16. The Labute approximate surface area is 125 Å². The van der Waals surface area contributed by atoms with E-state index in [1.807, 2.05) is 0 Å². The number of carbonyl (C=O) groups is 1. The zero-order valence-electron chi connectivity index (χ0n) is 12.0. The van der Waals surface area contributed by atoms with Gasteiger partial charge in [0.1, 0.15) is 0 Å². The Bertz CT molecular complexity index is 503. The Morgan fingerprint density at radius 2 is 2.00 bits per heavy atom. The fourth-order valence-corrected chi connectivity index (χ4v) is 3.34. The van der Waals surface area contributed by atoms with Crippen LogP contribution in [0.3, 0.4) is 0 Å². The molecular formula is C16H22ClNO2. The molecular weight excluding hydrogens is 274 g/mol. The first-order chi connectivity index (χ1) is 9.30. The van der Waals surface area contributed by atoms with Crippen LogP contribution in [0.2, 0.25) is 5.02 Å². The predicted molar refractivity (Wildman–Crippen MR) is 82.0 cm³/mol. The van der Waals surface area contributed by atoms with Crippen molar-refractivity contribution in [3.8, 4) is 0 Å². The van der Waals surface area contributed by atoms with Crippen molar-refractivity contribution < 1.29 is 9.90 Å². The maximum absolute atomic E-state index is 11.7. The zero-order valence-corrected chi connectivity index (χ0v) is 12.8. The number of hydrogen-bond donors (Lipinski definition) is 2. The van der Waals surface area contributed by atoms with Gasteiger partial charge in [-0.15, -0.1) is 0 Å². The lowest BCUT2D eigenvalue weighted by molar-refractivity contribution is -0.140. The van der Waals surface area contributed by atoms with E-state index in [0.717, 1.165) is 25.7 Å². The van der Waals surface area contributed by atoms with Gasteiger partial charge in [-0.3, -0.25) is 4.79 Å². The highest BCUT2D eigenvalue weighted by Gasteiger charge is 2.36. The van der Waals surface area contributed by atoms with E-state index in [2.05, 4.69) is 13.8 Å². The van der Waals surface area contributed by atoms with Crippen LogP contribution in [0.15, 0.2) is 18.2 Å². The number of hydrogen-bond acceptors (Lipinski definition) is 2. The van der Waals surface area contributed by atoms with Crippen molar-refractivity contribution >= 4 is 23.3 Å². The van der Waals surface area contributed by atoms with Gasteiger partial charge in [0.2, 0.25) is 0 Å². The molecule has 0 spiro atoms. The summed E-state index contributed by atoms with van der Waals surface area (Å²) in [7, 11) is 0. The quantitative estimate of drug-likeness (QED) is 0.817. The van der Waals surface area contributed by atoms with E-state index in [9.17, 15) is 9.90 Å². The summed E-state index contributed by atoms with van der Waals surface area (Å²) in [4.78, 5) is 11.7. The molecule has 0 bridgehead atoms. The highest BCUT2D eigenvalue weighted by Crippen LogP contribution is 2.44. The first-order valence-electron chi connectivity index (χ1n) is 7.08. The van der Waals surface area contributed by atoms with E-state index in [0.29, 0.717) is 21.7 Å². The molecule has 1 aromatic carbocycles. The van der Waals surface area contributed by atoms with E-state index in [1.165, 1.54) is 0 Å². The number of rotatable bonds is 3.